The van der Waals surface area contributed by atoms with Gasteiger partial charge in [0.25, 0.3) is 0 Å². The van der Waals surface area contributed by atoms with Crippen LogP contribution in [0.15, 0.2) is 36.4 Å². The summed E-state index contributed by atoms with van der Waals surface area (Å²) in [4.78, 5) is 44.4. The molecule has 11 heteroatoms. The minimum atomic E-state index is -0.668. The first-order valence-electron chi connectivity index (χ1n) is 14.7. The molecule has 11 nitrogen and oxygen atoms in total. The molecular weight excluding hydrogens is 548 g/mol. The van der Waals surface area contributed by atoms with E-state index in [-0.39, 0.29) is 44.0 Å². The van der Waals surface area contributed by atoms with Gasteiger partial charge in [0.2, 0.25) is 11.8 Å². The maximum absolute atomic E-state index is 13.6. The molecule has 4 rings (SSSR count). The quantitative estimate of drug-likeness (QED) is 0.409. The minimum absolute atomic E-state index is 0.0385. The summed E-state index contributed by atoms with van der Waals surface area (Å²) in [6.45, 7) is 11.8. The molecule has 0 atom stereocenters. The van der Waals surface area contributed by atoms with Crippen LogP contribution in [0, 0.1) is 11.3 Å². The predicted octanol–water partition coefficient (Wildman–Crippen LogP) is 3.15. The summed E-state index contributed by atoms with van der Waals surface area (Å²) in [7, 11) is 0. The second-order valence-corrected chi connectivity index (χ2v) is 12.1. The molecule has 2 heterocycles. The third-order valence-electron chi connectivity index (χ3n) is 7.27. The van der Waals surface area contributed by atoms with E-state index in [1.54, 1.807) is 37.8 Å². The van der Waals surface area contributed by atoms with Gasteiger partial charge in [-0.15, -0.1) is 0 Å². The zero-order valence-corrected chi connectivity index (χ0v) is 25.7. The molecule has 2 aliphatic heterocycles. The number of carbonyl (C=O) groups is 3. The summed E-state index contributed by atoms with van der Waals surface area (Å²) in [5.74, 6) is 0.0236. The highest BCUT2D eigenvalue weighted by Crippen LogP contribution is 2.37. The van der Waals surface area contributed by atoms with Crippen LogP contribution >= 0.6 is 0 Å². The van der Waals surface area contributed by atoms with Gasteiger partial charge in [0.15, 0.2) is 0 Å². The van der Waals surface area contributed by atoms with Crippen molar-refractivity contribution in [3.8, 4) is 11.8 Å². The molecule has 230 valence electrons. The lowest BCUT2D eigenvalue weighted by molar-refractivity contribution is -0.121. The Morgan fingerprint density at radius 3 is 2.40 bits per heavy atom. The number of hydrogen-bond acceptors (Lipinski definition) is 8. The first-order chi connectivity index (χ1) is 20.4. The van der Waals surface area contributed by atoms with Crippen molar-refractivity contribution in [2.45, 2.75) is 65.8 Å². The zero-order chi connectivity index (χ0) is 31.1. The van der Waals surface area contributed by atoms with E-state index in [0.717, 1.165) is 18.7 Å². The van der Waals surface area contributed by atoms with Crippen molar-refractivity contribution in [3.63, 3.8) is 0 Å². The number of anilines is 1. The summed E-state index contributed by atoms with van der Waals surface area (Å²) in [5.41, 5.74) is 3.61. The van der Waals surface area contributed by atoms with E-state index in [1.165, 1.54) is 16.0 Å². The molecule has 0 saturated carbocycles. The second kappa shape index (κ2) is 13.9. The lowest BCUT2D eigenvalue weighted by atomic mass is 10.1. The molecule has 0 aromatic heterocycles. The molecule has 2 aliphatic rings. The molecule has 2 aromatic carbocycles. The monoisotopic (exact) mass is 590 g/mol. The largest absolute Gasteiger partial charge is 0.491 e. The maximum Gasteiger partial charge on any atom is 0.410 e. The van der Waals surface area contributed by atoms with Gasteiger partial charge >= 0.3 is 6.09 Å². The van der Waals surface area contributed by atoms with Crippen LogP contribution in [0.3, 0.4) is 0 Å². The van der Waals surface area contributed by atoms with Crippen molar-refractivity contribution in [1.82, 2.24) is 20.4 Å². The predicted molar refractivity (Wildman–Crippen MR) is 162 cm³/mol. The Bertz CT molecular complexity index is 1350. The molecular formula is C32H42N6O5. The van der Waals surface area contributed by atoms with Crippen LogP contribution < -0.4 is 20.3 Å². The molecule has 2 aromatic rings. The maximum atomic E-state index is 13.6. The van der Waals surface area contributed by atoms with Crippen LogP contribution in [-0.4, -0.2) is 78.8 Å². The van der Waals surface area contributed by atoms with Gasteiger partial charge in [-0.1, -0.05) is 24.3 Å². The fourth-order valence-corrected chi connectivity index (χ4v) is 5.18. The highest BCUT2D eigenvalue weighted by Gasteiger charge is 2.29. The van der Waals surface area contributed by atoms with Crippen LogP contribution in [0.2, 0.25) is 0 Å². The highest BCUT2D eigenvalue weighted by molar-refractivity contribution is 5.97. The molecule has 3 amide bonds. The summed E-state index contributed by atoms with van der Waals surface area (Å²) < 4.78 is 11.5. The van der Waals surface area contributed by atoms with Crippen molar-refractivity contribution in [2.75, 3.05) is 44.4 Å². The Labute approximate surface area is 253 Å². The molecule has 0 radical (unpaired) electrons. The van der Waals surface area contributed by atoms with Crippen LogP contribution in [-0.2, 0) is 33.8 Å². The molecule has 2 N–H and O–H groups in total. The number of rotatable bonds is 11. The number of carbonyl (C=O) groups excluding carboxylic acids is 3. The van der Waals surface area contributed by atoms with Crippen molar-refractivity contribution in [1.29, 1.82) is 5.26 Å². The van der Waals surface area contributed by atoms with Gasteiger partial charge < -0.3 is 24.6 Å². The molecule has 43 heavy (non-hydrogen) atoms. The topological polar surface area (TPSA) is 127 Å². The number of nitrogens with one attached hydrogen (secondary N) is 2. The molecule has 0 spiro atoms. The van der Waals surface area contributed by atoms with E-state index in [1.807, 2.05) is 26.0 Å². The van der Waals surface area contributed by atoms with Crippen LogP contribution in [0.1, 0.15) is 56.9 Å². The second-order valence-electron chi connectivity index (χ2n) is 12.1. The first kappa shape index (κ1) is 31.8. The number of nitriles is 1. The third kappa shape index (κ3) is 8.46. The van der Waals surface area contributed by atoms with Gasteiger partial charge in [0, 0.05) is 44.2 Å². The fraction of sp³-hybridized carbons (Fsp3) is 0.500. The van der Waals surface area contributed by atoms with E-state index in [9.17, 15) is 19.6 Å². The smallest absolute Gasteiger partial charge is 0.410 e. The van der Waals surface area contributed by atoms with Gasteiger partial charge in [0.1, 0.15) is 11.4 Å². The SMILES string of the molecule is CC(C)N(CCN(C(=O)CNCC(=O)NCN1Cc2ccccc2C1)c1cc(C#N)cc2c1OCC2)C(=O)OC(C)(C)C. The number of hydrogen-bond donors (Lipinski definition) is 2. The normalized spacial score (nSPS) is 14.0. The van der Waals surface area contributed by atoms with Gasteiger partial charge in [-0.2, -0.15) is 5.26 Å². The average molecular weight is 591 g/mol. The van der Waals surface area contributed by atoms with E-state index < -0.39 is 11.7 Å². The summed E-state index contributed by atoms with van der Waals surface area (Å²) in [5, 5.41) is 15.5. The van der Waals surface area contributed by atoms with Crippen LogP contribution in [0.25, 0.3) is 0 Å². The number of nitrogens with zero attached hydrogens (tertiary/aromatic N) is 4. The Morgan fingerprint density at radius 1 is 1.07 bits per heavy atom. The van der Waals surface area contributed by atoms with Gasteiger partial charge in [-0.3, -0.25) is 19.8 Å². The Balaban J connectivity index is 1.40. The third-order valence-corrected chi connectivity index (χ3v) is 7.27. The summed E-state index contributed by atoms with van der Waals surface area (Å²) in [6.07, 6.45) is 0.161. The lowest BCUT2D eigenvalue weighted by Crippen LogP contribution is -2.48. The van der Waals surface area contributed by atoms with Crippen LogP contribution in [0.4, 0.5) is 10.5 Å². The first-order valence-corrected chi connectivity index (χ1v) is 14.7. The molecule has 0 bridgehead atoms. The van der Waals surface area contributed by atoms with Gasteiger partial charge in [-0.05, 0) is 57.9 Å². The standard InChI is InChI=1S/C32H42N6O5/c1-22(2)37(31(41)43-32(3,4)5)11-12-38(27-15-23(16-33)14-24-10-13-42-30(24)27)29(40)18-34-17-28(39)35-21-36-19-25-8-6-7-9-26(25)20-36/h6-9,14-15,22,34H,10-13,17-21H2,1-5H3,(H,35,39). The van der Waals surface area contributed by atoms with Crippen molar-refractivity contribution >= 4 is 23.6 Å². The van der Waals surface area contributed by atoms with Crippen molar-refractivity contribution < 1.29 is 23.9 Å². The average Bonchev–Trinajstić information content (AvgIpc) is 3.59. The van der Waals surface area contributed by atoms with Crippen LogP contribution in [0.5, 0.6) is 5.75 Å². The Hall–Kier alpha value is -4.14. The fourth-order valence-electron chi connectivity index (χ4n) is 5.18. The van der Waals surface area contributed by atoms with Gasteiger partial charge in [0.05, 0.1) is 43.7 Å². The Morgan fingerprint density at radius 2 is 1.77 bits per heavy atom. The number of amides is 3. The molecule has 0 aliphatic carbocycles. The Kier molecular flexibility index (Phi) is 10.3. The highest BCUT2D eigenvalue weighted by atomic mass is 16.6. The summed E-state index contributed by atoms with van der Waals surface area (Å²) in [6, 6.07) is 13.6. The van der Waals surface area contributed by atoms with E-state index >= 15 is 0 Å². The number of fused-ring (bicyclic) bond motifs is 2. The zero-order valence-electron chi connectivity index (χ0n) is 25.7. The molecule has 0 saturated heterocycles. The van der Waals surface area contributed by atoms with E-state index in [2.05, 4.69) is 33.7 Å². The van der Waals surface area contributed by atoms with Crippen molar-refractivity contribution in [2.24, 2.45) is 0 Å². The minimum Gasteiger partial charge on any atom is -0.491 e. The molecule has 0 unspecified atom stereocenters. The van der Waals surface area contributed by atoms with Crippen molar-refractivity contribution in [3.05, 3.63) is 58.7 Å². The van der Waals surface area contributed by atoms with E-state index in [0.29, 0.717) is 36.7 Å². The van der Waals surface area contributed by atoms with E-state index in [4.69, 9.17) is 9.47 Å². The molecule has 0 fully saturated rings. The summed E-state index contributed by atoms with van der Waals surface area (Å²) >= 11 is 0. The number of ether oxygens (including phenoxy) is 2. The van der Waals surface area contributed by atoms with Gasteiger partial charge in [-0.25, -0.2) is 4.79 Å². The number of benzene rings is 2. The lowest BCUT2D eigenvalue weighted by Gasteiger charge is -2.32.